The Morgan fingerprint density at radius 1 is 1.24 bits per heavy atom. The highest BCUT2D eigenvalue weighted by Gasteiger charge is 2.18. The van der Waals surface area contributed by atoms with Gasteiger partial charge >= 0.3 is 0 Å². The summed E-state index contributed by atoms with van der Waals surface area (Å²) in [7, 11) is 1.86. The normalized spacial score (nSPS) is 16.1. The van der Waals surface area contributed by atoms with Crippen LogP contribution in [-0.2, 0) is 13.8 Å². The molecule has 0 saturated carbocycles. The Kier molecular flexibility index (Phi) is 8.43. The Morgan fingerprint density at radius 2 is 1.82 bits per heavy atom. The highest BCUT2D eigenvalue weighted by atomic mass is 35.7. The predicted octanol–water partition coefficient (Wildman–Crippen LogP) is 3.42. The van der Waals surface area contributed by atoms with Gasteiger partial charge in [0.15, 0.2) is 0 Å². The topological polar surface area (TPSA) is 43.4 Å². The van der Waals surface area contributed by atoms with Crippen LogP contribution in [0, 0.1) is 11.8 Å². The quantitative estimate of drug-likeness (QED) is 0.609. The molecule has 104 valence electrons. The Balaban J connectivity index is 4.08. The van der Waals surface area contributed by atoms with Crippen LogP contribution in [0.15, 0.2) is 0 Å². The highest BCUT2D eigenvalue weighted by Crippen LogP contribution is 2.15. The third kappa shape index (κ3) is 11.0. The van der Waals surface area contributed by atoms with E-state index in [1.54, 1.807) is 0 Å². The zero-order valence-electron chi connectivity index (χ0n) is 11.3. The molecule has 0 amide bonds. The first-order valence-corrected chi connectivity index (χ1v) is 8.76. The fourth-order valence-corrected chi connectivity index (χ4v) is 3.30. The molecule has 0 aromatic rings. The molecule has 0 rings (SSSR count). The van der Waals surface area contributed by atoms with Crippen molar-refractivity contribution in [3.63, 3.8) is 0 Å². The molecule has 3 nitrogen and oxygen atoms in total. The second-order valence-electron chi connectivity index (χ2n) is 5.13. The molecule has 0 bridgehead atoms. The van der Waals surface area contributed by atoms with Gasteiger partial charge in [-0.25, -0.2) is 8.42 Å². The molecule has 0 aliphatic heterocycles. The third-order valence-electron chi connectivity index (χ3n) is 2.55. The maximum Gasteiger partial charge on any atom is 0.232 e. The molecule has 0 aliphatic rings. The van der Waals surface area contributed by atoms with Gasteiger partial charge in [-0.15, -0.1) is 0 Å². The largest absolute Gasteiger partial charge is 0.378 e. The van der Waals surface area contributed by atoms with Crippen molar-refractivity contribution in [3.8, 4) is 0 Å². The second-order valence-corrected chi connectivity index (χ2v) is 7.96. The van der Waals surface area contributed by atoms with Crippen LogP contribution in [0.2, 0.25) is 0 Å². The lowest BCUT2D eigenvalue weighted by atomic mass is 10.1. The number of halogens is 1. The Morgan fingerprint density at radius 3 is 2.24 bits per heavy atom. The maximum atomic E-state index is 11.0. The van der Waals surface area contributed by atoms with E-state index in [0.29, 0.717) is 12.5 Å². The van der Waals surface area contributed by atoms with Crippen molar-refractivity contribution in [1.82, 2.24) is 0 Å². The van der Waals surface area contributed by atoms with E-state index < -0.39 is 9.05 Å². The fourth-order valence-electron chi connectivity index (χ4n) is 1.94. The fraction of sp³-hybridized carbons (Fsp3) is 1.00. The van der Waals surface area contributed by atoms with Crippen molar-refractivity contribution in [2.24, 2.45) is 11.8 Å². The van der Waals surface area contributed by atoms with Gasteiger partial charge in [-0.05, 0) is 31.6 Å². The summed E-state index contributed by atoms with van der Waals surface area (Å²) in [5.41, 5.74) is 0. The Labute approximate surface area is 110 Å². The summed E-state index contributed by atoms with van der Waals surface area (Å²) in [5.74, 6) is 0.611. The van der Waals surface area contributed by atoms with Crippen LogP contribution in [-0.4, -0.2) is 26.9 Å². The van der Waals surface area contributed by atoms with E-state index in [-0.39, 0.29) is 17.8 Å². The van der Waals surface area contributed by atoms with Gasteiger partial charge in [0.2, 0.25) is 9.05 Å². The summed E-state index contributed by atoms with van der Waals surface area (Å²) < 4.78 is 27.8. The molecule has 0 aromatic heterocycles. The van der Waals surface area contributed by atoms with Gasteiger partial charge in [0.05, 0.1) is 18.5 Å². The summed E-state index contributed by atoms with van der Waals surface area (Å²) >= 11 is 0. The first-order chi connectivity index (χ1) is 7.74. The van der Waals surface area contributed by atoms with E-state index in [1.165, 1.54) is 0 Å². The molecule has 0 fully saturated rings. The molecule has 0 heterocycles. The standard InChI is InChI=1S/C12H25ClO3S/c1-5-6-12(9-17(13,14)15)8-16-11(4)7-10(2)3/h10-12H,5-9H2,1-4H3. The zero-order valence-corrected chi connectivity index (χ0v) is 12.9. The number of ether oxygens (including phenoxy) is 1. The maximum absolute atomic E-state index is 11.0. The molecule has 0 saturated heterocycles. The monoisotopic (exact) mass is 284 g/mol. The lowest BCUT2D eigenvalue weighted by Gasteiger charge is -2.20. The van der Waals surface area contributed by atoms with Gasteiger partial charge in [0.1, 0.15) is 0 Å². The van der Waals surface area contributed by atoms with Crippen LogP contribution in [0.4, 0.5) is 0 Å². The third-order valence-corrected chi connectivity index (χ3v) is 3.80. The molecule has 2 atom stereocenters. The number of rotatable bonds is 9. The average Bonchev–Trinajstić information content (AvgIpc) is 2.11. The minimum absolute atomic E-state index is 0.0107. The minimum atomic E-state index is -3.42. The van der Waals surface area contributed by atoms with Gasteiger partial charge in [-0.1, -0.05) is 27.2 Å². The van der Waals surface area contributed by atoms with E-state index in [4.69, 9.17) is 15.4 Å². The molecule has 0 aliphatic carbocycles. The van der Waals surface area contributed by atoms with Gasteiger partial charge < -0.3 is 4.74 Å². The molecule has 17 heavy (non-hydrogen) atoms. The van der Waals surface area contributed by atoms with E-state index in [1.807, 2.05) is 13.8 Å². The first kappa shape index (κ1) is 17.2. The van der Waals surface area contributed by atoms with Gasteiger partial charge in [0, 0.05) is 10.7 Å². The first-order valence-electron chi connectivity index (χ1n) is 6.28. The van der Waals surface area contributed by atoms with Gasteiger partial charge in [-0.2, -0.15) is 0 Å². The van der Waals surface area contributed by atoms with Gasteiger partial charge in [-0.3, -0.25) is 0 Å². The van der Waals surface area contributed by atoms with Crippen molar-refractivity contribution in [2.75, 3.05) is 12.4 Å². The van der Waals surface area contributed by atoms with Crippen LogP contribution in [0.5, 0.6) is 0 Å². The zero-order chi connectivity index (χ0) is 13.5. The predicted molar refractivity (Wildman–Crippen MR) is 72.9 cm³/mol. The molecule has 5 heteroatoms. The molecule has 0 radical (unpaired) electrons. The van der Waals surface area contributed by atoms with E-state index in [2.05, 4.69) is 13.8 Å². The average molecular weight is 285 g/mol. The lowest BCUT2D eigenvalue weighted by molar-refractivity contribution is 0.0308. The van der Waals surface area contributed by atoms with E-state index >= 15 is 0 Å². The molecular weight excluding hydrogens is 260 g/mol. The Bertz CT molecular complexity index is 288. The van der Waals surface area contributed by atoms with Crippen molar-refractivity contribution in [2.45, 2.75) is 53.1 Å². The SMILES string of the molecule is CCCC(COC(C)CC(C)C)CS(=O)(=O)Cl. The molecule has 0 spiro atoms. The molecule has 0 N–H and O–H groups in total. The molecule has 2 unspecified atom stereocenters. The second kappa shape index (κ2) is 8.33. The summed E-state index contributed by atoms with van der Waals surface area (Å²) in [4.78, 5) is 0. The van der Waals surface area contributed by atoms with Crippen molar-refractivity contribution in [1.29, 1.82) is 0 Å². The molecular formula is C12H25ClO3S. The smallest absolute Gasteiger partial charge is 0.232 e. The summed E-state index contributed by atoms with van der Waals surface area (Å²) in [6.45, 7) is 8.83. The summed E-state index contributed by atoms with van der Waals surface area (Å²) in [5, 5.41) is 0. The van der Waals surface area contributed by atoms with Crippen molar-refractivity contribution in [3.05, 3.63) is 0 Å². The van der Waals surface area contributed by atoms with Crippen LogP contribution < -0.4 is 0 Å². The van der Waals surface area contributed by atoms with Crippen LogP contribution in [0.1, 0.15) is 47.0 Å². The van der Waals surface area contributed by atoms with Gasteiger partial charge in [0.25, 0.3) is 0 Å². The minimum Gasteiger partial charge on any atom is -0.378 e. The van der Waals surface area contributed by atoms with Crippen LogP contribution in [0.25, 0.3) is 0 Å². The van der Waals surface area contributed by atoms with Crippen LogP contribution >= 0.6 is 10.7 Å². The molecule has 0 aromatic carbocycles. The highest BCUT2D eigenvalue weighted by molar-refractivity contribution is 8.13. The van der Waals surface area contributed by atoms with E-state index in [0.717, 1.165) is 19.3 Å². The van der Waals surface area contributed by atoms with Crippen LogP contribution in [0.3, 0.4) is 0 Å². The van der Waals surface area contributed by atoms with E-state index in [9.17, 15) is 8.42 Å². The number of hydrogen-bond donors (Lipinski definition) is 0. The van der Waals surface area contributed by atoms with Crippen molar-refractivity contribution >= 4 is 19.7 Å². The lowest BCUT2D eigenvalue weighted by Crippen LogP contribution is -2.22. The summed E-state index contributed by atoms with van der Waals surface area (Å²) in [6, 6.07) is 0. The Hall–Kier alpha value is 0.200. The summed E-state index contributed by atoms with van der Waals surface area (Å²) in [6.07, 6.45) is 2.94. The number of hydrogen-bond acceptors (Lipinski definition) is 3. The van der Waals surface area contributed by atoms with Crippen molar-refractivity contribution < 1.29 is 13.2 Å².